The number of para-hydroxylation sites is 1. The highest BCUT2D eigenvalue weighted by molar-refractivity contribution is 5.70. The molecule has 0 bridgehead atoms. The third-order valence-corrected chi connectivity index (χ3v) is 1.97. The number of aromatic hydroxyl groups is 2. The first-order valence-corrected chi connectivity index (χ1v) is 4.27. The molecule has 0 atom stereocenters. The predicted octanol–water partition coefficient (Wildman–Crippen LogP) is 2.56. The van der Waals surface area contributed by atoms with E-state index in [9.17, 15) is 10.2 Å². The highest BCUT2D eigenvalue weighted by Crippen LogP contribution is 2.29. The van der Waals surface area contributed by atoms with Crippen LogP contribution in [0.2, 0.25) is 0 Å². The summed E-state index contributed by atoms with van der Waals surface area (Å²) in [7, 11) is 0. The lowest BCUT2D eigenvalue weighted by molar-refractivity contribution is 0.473. The van der Waals surface area contributed by atoms with Gasteiger partial charge in [-0.3, -0.25) is 0 Å². The molecule has 2 rings (SSSR count). The third kappa shape index (κ3) is 1.55. The van der Waals surface area contributed by atoms with Gasteiger partial charge in [0.05, 0.1) is 0 Å². The van der Waals surface area contributed by atoms with Crippen LogP contribution >= 0.6 is 0 Å². The summed E-state index contributed by atoms with van der Waals surface area (Å²) in [4.78, 5) is 0. The van der Waals surface area contributed by atoms with Gasteiger partial charge in [-0.25, -0.2) is 0 Å². The van der Waals surface area contributed by atoms with Crippen LogP contribution in [0.3, 0.4) is 0 Å². The predicted molar refractivity (Wildman–Crippen MR) is 54.0 cm³/mol. The molecule has 0 spiro atoms. The molecule has 0 unspecified atom stereocenters. The van der Waals surface area contributed by atoms with Crippen molar-refractivity contribution in [1.82, 2.24) is 0 Å². The molecule has 2 nitrogen and oxygen atoms in total. The van der Waals surface area contributed by atoms with Crippen LogP contribution in [0.1, 0.15) is 0 Å². The summed E-state index contributed by atoms with van der Waals surface area (Å²) in [6, 6.07) is 14.8. The van der Waals surface area contributed by atoms with Gasteiger partial charge in [-0.1, -0.05) is 30.3 Å². The van der Waals surface area contributed by atoms with E-state index in [2.05, 4.69) is 6.07 Å². The van der Waals surface area contributed by atoms with E-state index in [0.717, 1.165) is 0 Å². The fraction of sp³-hybridized carbons (Fsp3) is 0. The molecule has 0 fully saturated rings. The van der Waals surface area contributed by atoms with Gasteiger partial charge in [0, 0.05) is 11.6 Å². The van der Waals surface area contributed by atoms with Crippen LogP contribution < -0.4 is 0 Å². The van der Waals surface area contributed by atoms with E-state index >= 15 is 0 Å². The van der Waals surface area contributed by atoms with Crippen molar-refractivity contribution < 1.29 is 10.2 Å². The zero-order valence-electron chi connectivity index (χ0n) is 7.44. The maximum Gasteiger partial charge on any atom is 0.124 e. The van der Waals surface area contributed by atoms with Gasteiger partial charge in [0.1, 0.15) is 11.5 Å². The van der Waals surface area contributed by atoms with Crippen LogP contribution in [0, 0.1) is 6.07 Å². The van der Waals surface area contributed by atoms with Crippen LogP contribution in [-0.4, -0.2) is 10.2 Å². The Balaban J connectivity index is 2.55. The molecule has 69 valence electrons. The molecule has 0 saturated carbocycles. The molecule has 0 heterocycles. The Bertz CT molecular complexity index is 450. The van der Waals surface area contributed by atoms with Crippen molar-refractivity contribution in [2.45, 2.75) is 0 Å². The number of phenolic OH excluding ortho intramolecular Hbond substituents is 2. The summed E-state index contributed by atoms with van der Waals surface area (Å²) in [6.45, 7) is 0. The third-order valence-electron chi connectivity index (χ3n) is 1.97. The van der Waals surface area contributed by atoms with E-state index in [1.54, 1.807) is 36.4 Å². The first-order chi connectivity index (χ1) is 6.77. The molecule has 0 aliphatic rings. The van der Waals surface area contributed by atoms with Gasteiger partial charge >= 0.3 is 0 Å². The monoisotopic (exact) mass is 185 g/mol. The lowest BCUT2D eigenvalue weighted by atomic mass is 10.0. The Labute approximate surface area is 82.1 Å². The van der Waals surface area contributed by atoms with Crippen molar-refractivity contribution in [2.24, 2.45) is 0 Å². The first-order valence-electron chi connectivity index (χ1n) is 4.27. The zero-order valence-corrected chi connectivity index (χ0v) is 7.44. The van der Waals surface area contributed by atoms with Gasteiger partial charge in [-0.05, 0) is 17.7 Å². The minimum atomic E-state index is 0.0748. The fourth-order valence-electron chi connectivity index (χ4n) is 1.32. The average Bonchev–Trinajstić information content (AvgIpc) is 2.18. The van der Waals surface area contributed by atoms with Gasteiger partial charge in [0.25, 0.3) is 0 Å². The molecular formula is C12H9O2. The summed E-state index contributed by atoms with van der Waals surface area (Å²) < 4.78 is 0. The first kappa shape index (κ1) is 8.63. The summed E-state index contributed by atoms with van der Waals surface area (Å²) in [5, 5.41) is 18.8. The second kappa shape index (κ2) is 3.42. The Morgan fingerprint density at radius 2 is 1.64 bits per heavy atom. The SMILES string of the molecule is Oc1[c]c(-c2ccccc2O)ccc1. The Kier molecular flexibility index (Phi) is 2.11. The summed E-state index contributed by atoms with van der Waals surface area (Å²) in [6.07, 6.45) is 0. The molecule has 0 aliphatic heterocycles. The Morgan fingerprint density at radius 1 is 0.857 bits per heavy atom. The minimum absolute atomic E-state index is 0.0748. The van der Waals surface area contributed by atoms with E-state index in [-0.39, 0.29) is 11.5 Å². The highest BCUT2D eigenvalue weighted by Gasteiger charge is 2.03. The molecule has 2 aromatic rings. The standard InChI is InChI=1S/C12H9O2/c13-10-5-3-4-9(8-10)11-6-1-2-7-12(11)14/h1-7,13-14H. The summed E-state index contributed by atoms with van der Waals surface area (Å²) in [5.74, 6) is 0.264. The van der Waals surface area contributed by atoms with Crippen LogP contribution in [0.4, 0.5) is 0 Å². The van der Waals surface area contributed by atoms with Crippen molar-refractivity contribution in [1.29, 1.82) is 0 Å². The molecule has 0 aliphatic carbocycles. The van der Waals surface area contributed by atoms with E-state index in [1.165, 1.54) is 0 Å². The molecule has 2 N–H and O–H groups in total. The smallest absolute Gasteiger partial charge is 0.124 e. The molecule has 0 aromatic heterocycles. The summed E-state index contributed by atoms with van der Waals surface area (Å²) in [5.41, 5.74) is 1.35. The van der Waals surface area contributed by atoms with Gasteiger partial charge in [-0.2, -0.15) is 0 Å². The van der Waals surface area contributed by atoms with Crippen LogP contribution in [0.15, 0.2) is 42.5 Å². The number of hydrogen-bond acceptors (Lipinski definition) is 2. The number of phenols is 2. The lowest BCUT2D eigenvalue weighted by Gasteiger charge is -2.03. The normalized spacial score (nSPS) is 10.0. The van der Waals surface area contributed by atoms with E-state index in [4.69, 9.17) is 0 Å². The van der Waals surface area contributed by atoms with Gasteiger partial charge in [0.15, 0.2) is 0 Å². The van der Waals surface area contributed by atoms with Gasteiger partial charge in [-0.15, -0.1) is 0 Å². The molecule has 1 radical (unpaired) electrons. The maximum atomic E-state index is 9.55. The van der Waals surface area contributed by atoms with Crippen LogP contribution in [-0.2, 0) is 0 Å². The van der Waals surface area contributed by atoms with Crippen LogP contribution in [0.5, 0.6) is 11.5 Å². The quantitative estimate of drug-likeness (QED) is 0.716. The largest absolute Gasteiger partial charge is 0.507 e. The summed E-state index contributed by atoms with van der Waals surface area (Å²) >= 11 is 0. The van der Waals surface area contributed by atoms with Crippen molar-refractivity contribution in [3.63, 3.8) is 0 Å². The number of rotatable bonds is 1. The fourth-order valence-corrected chi connectivity index (χ4v) is 1.32. The van der Waals surface area contributed by atoms with Crippen LogP contribution in [0.25, 0.3) is 11.1 Å². The van der Waals surface area contributed by atoms with Crippen molar-refractivity contribution >= 4 is 0 Å². The van der Waals surface area contributed by atoms with E-state index in [1.807, 2.05) is 6.07 Å². The minimum Gasteiger partial charge on any atom is -0.507 e. The molecule has 0 saturated heterocycles. The highest BCUT2D eigenvalue weighted by atomic mass is 16.3. The second-order valence-electron chi connectivity index (χ2n) is 2.97. The van der Waals surface area contributed by atoms with E-state index < -0.39 is 0 Å². The van der Waals surface area contributed by atoms with Gasteiger partial charge < -0.3 is 10.2 Å². The molecule has 0 amide bonds. The number of hydrogen-bond donors (Lipinski definition) is 2. The number of benzene rings is 2. The van der Waals surface area contributed by atoms with Crippen molar-refractivity contribution in [3.05, 3.63) is 48.5 Å². The second-order valence-corrected chi connectivity index (χ2v) is 2.97. The Hall–Kier alpha value is -1.96. The van der Waals surface area contributed by atoms with Crippen molar-refractivity contribution in [3.8, 4) is 22.6 Å². The van der Waals surface area contributed by atoms with Gasteiger partial charge in [0.2, 0.25) is 0 Å². The molecule has 2 aromatic carbocycles. The zero-order chi connectivity index (χ0) is 9.97. The molecule has 2 heteroatoms. The molecule has 14 heavy (non-hydrogen) atoms. The average molecular weight is 185 g/mol. The van der Waals surface area contributed by atoms with Crippen molar-refractivity contribution in [2.75, 3.05) is 0 Å². The van der Waals surface area contributed by atoms with E-state index in [0.29, 0.717) is 11.1 Å². The molecular weight excluding hydrogens is 176 g/mol. The lowest BCUT2D eigenvalue weighted by Crippen LogP contribution is -1.78. The topological polar surface area (TPSA) is 40.5 Å². The maximum absolute atomic E-state index is 9.55. The Morgan fingerprint density at radius 3 is 2.36 bits per heavy atom.